The number of rotatable bonds is 5. The van der Waals surface area contributed by atoms with E-state index in [2.05, 4.69) is 15.8 Å². The number of aromatic hydroxyl groups is 1. The van der Waals surface area contributed by atoms with Crippen molar-refractivity contribution < 1.29 is 23.6 Å². The second-order valence-corrected chi connectivity index (χ2v) is 5.86. The molecule has 3 N–H and O–H groups in total. The second-order valence-electron chi connectivity index (χ2n) is 5.46. The zero-order valence-electron chi connectivity index (χ0n) is 13.7. The van der Waals surface area contributed by atoms with E-state index in [1.165, 1.54) is 6.07 Å². The van der Waals surface area contributed by atoms with Crippen LogP contribution in [0.5, 0.6) is 5.75 Å². The lowest BCUT2D eigenvalue weighted by molar-refractivity contribution is -0.115. The molecule has 0 fully saturated rings. The molecule has 2 amide bonds. The van der Waals surface area contributed by atoms with Gasteiger partial charge in [0.05, 0.1) is 17.3 Å². The molecular weight excluding hydrogens is 377 g/mol. The predicted octanol–water partition coefficient (Wildman–Crippen LogP) is 3.21. The number of phenols is 1. The third kappa shape index (κ3) is 4.42. The normalized spacial score (nSPS) is 10.4. The largest absolute Gasteiger partial charge is 0.506 e. The summed E-state index contributed by atoms with van der Waals surface area (Å²) >= 11 is 5.67. The van der Waals surface area contributed by atoms with Gasteiger partial charge >= 0.3 is 0 Å². The Kier molecular flexibility index (Phi) is 5.37. The summed E-state index contributed by atoms with van der Waals surface area (Å²) in [5.74, 6) is -2.21. The highest BCUT2D eigenvalue weighted by Crippen LogP contribution is 2.29. The van der Waals surface area contributed by atoms with Gasteiger partial charge in [0.2, 0.25) is 5.91 Å². The molecule has 0 unspecified atom stereocenters. The van der Waals surface area contributed by atoms with E-state index in [0.717, 1.165) is 17.7 Å². The maximum absolute atomic E-state index is 13.7. The molecule has 7 nitrogen and oxygen atoms in total. The molecule has 1 aromatic heterocycles. The lowest BCUT2D eigenvalue weighted by atomic mass is 10.1. The van der Waals surface area contributed by atoms with Gasteiger partial charge < -0.3 is 20.3 Å². The first-order valence-electron chi connectivity index (χ1n) is 7.72. The summed E-state index contributed by atoms with van der Waals surface area (Å²) in [7, 11) is 0. The van der Waals surface area contributed by atoms with Crippen LogP contribution in [0.15, 0.2) is 53.1 Å². The van der Waals surface area contributed by atoms with E-state index < -0.39 is 29.9 Å². The number of nitrogens with zero attached hydrogens (tertiary/aromatic N) is 1. The molecule has 3 aromatic rings. The monoisotopic (exact) mass is 389 g/mol. The van der Waals surface area contributed by atoms with Crippen LogP contribution in [0.4, 0.5) is 10.1 Å². The van der Waals surface area contributed by atoms with E-state index >= 15 is 0 Å². The van der Waals surface area contributed by atoms with Crippen molar-refractivity contribution in [1.29, 1.82) is 0 Å². The molecule has 2 aromatic carbocycles. The molecular formula is C18H13ClFN3O4. The van der Waals surface area contributed by atoms with E-state index in [1.54, 1.807) is 12.1 Å². The Morgan fingerprint density at radius 2 is 1.93 bits per heavy atom. The number of phenolic OH excluding ortho intramolecular Hbond substituents is 1. The SMILES string of the molecule is O=C(CNC(=O)c1cc(-c2ccccc2)on1)Nc1cc(Cl)c(O)cc1F. The molecule has 0 saturated carbocycles. The third-order valence-corrected chi connectivity index (χ3v) is 3.82. The van der Waals surface area contributed by atoms with E-state index in [9.17, 15) is 19.1 Å². The lowest BCUT2D eigenvalue weighted by Gasteiger charge is -2.08. The van der Waals surface area contributed by atoms with Gasteiger partial charge in [-0.15, -0.1) is 0 Å². The van der Waals surface area contributed by atoms with Crippen LogP contribution >= 0.6 is 11.6 Å². The van der Waals surface area contributed by atoms with Gasteiger partial charge in [0, 0.05) is 17.7 Å². The standard InChI is InChI=1S/C18H13ClFN3O4/c19-11-6-13(12(20)7-15(11)24)22-17(25)9-21-18(26)14-8-16(27-23-14)10-4-2-1-3-5-10/h1-8,24H,9H2,(H,21,26)(H,22,25). The molecule has 0 radical (unpaired) electrons. The van der Waals surface area contributed by atoms with Crippen LogP contribution in [-0.2, 0) is 4.79 Å². The van der Waals surface area contributed by atoms with Crippen LogP contribution in [0.2, 0.25) is 5.02 Å². The summed E-state index contributed by atoms with van der Waals surface area (Å²) in [4.78, 5) is 24.0. The van der Waals surface area contributed by atoms with Crippen LogP contribution in [-0.4, -0.2) is 28.6 Å². The first-order chi connectivity index (χ1) is 12.9. The molecule has 9 heteroatoms. The molecule has 0 atom stereocenters. The topological polar surface area (TPSA) is 104 Å². The molecule has 0 aliphatic carbocycles. The van der Waals surface area contributed by atoms with E-state index in [-0.39, 0.29) is 16.4 Å². The minimum Gasteiger partial charge on any atom is -0.506 e. The minimum absolute atomic E-state index is 0.000474. The number of amides is 2. The maximum Gasteiger partial charge on any atom is 0.273 e. The van der Waals surface area contributed by atoms with Crippen molar-refractivity contribution >= 4 is 29.1 Å². The highest BCUT2D eigenvalue weighted by atomic mass is 35.5. The maximum atomic E-state index is 13.7. The number of anilines is 1. The van der Waals surface area contributed by atoms with Crippen molar-refractivity contribution in [3.8, 4) is 17.1 Å². The lowest BCUT2D eigenvalue weighted by Crippen LogP contribution is -2.33. The number of benzene rings is 2. The van der Waals surface area contributed by atoms with Crippen LogP contribution in [0, 0.1) is 5.82 Å². The highest BCUT2D eigenvalue weighted by molar-refractivity contribution is 6.32. The fourth-order valence-corrected chi connectivity index (χ4v) is 2.36. The van der Waals surface area contributed by atoms with Gasteiger partial charge in [0.15, 0.2) is 11.5 Å². The van der Waals surface area contributed by atoms with Crippen LogP contribution < -0.4 is 10.6 Å². The van der Waals surface area contributed by atoms with E-state index in [1.807, 2.05) is 18.2 Å². The number of hydrogen-bond donors (Lipinski definition) is 3. The summed E-state index contributed by atoms with van der Waals surface area (Å²) < 4.78 is 18.8. The second kappa shape index (κ2) is 7.88. The van der Waals surface area contributed by atoms with Gasteiger partial charge in [-0.25, -0.2) is 4.39 Å². The molecule has 0 aliphatic rings. The molecule has 0 spiro atoms. The third-order valence-electron chi connectivity index (χ3n) is 3.52. The Labute approximate surface area is 157 Å². The molecule has 1 heterocycles. The molecule has 0 saturated heterocycles. The van der Waals surface area contributed by atoms with Crippen molar-refractivity contribution in [2.45, 2.75) is 0 Å². The predicted molar refractivity (Wildman–Crippen MR) is 96.0 cm³/mol. The zero-order valence-corrected chi connectivity index (χ0v) is 14.5. The van der Waals surface area contributed by atoms with Crippen molar-refractivity contribution in [1.82, 2.24) is 10.5 Å². The Morgan fingerprint density at radius 1 is 1.19 bits per heavy atom. The Hall–Kier alpha value is -3.39. The summed E-state index contributed by atoms with van der Waals surface area (Å²) in [6.45, 7) is -0.426. The van der Waals surface area contributed by atoms with Gasteiger partial charge in [0.1, 0.15) is 11.6 Å². The summed E-state index contributed by atoms with van der Waals surface area (Å²) in [6, 6.07) is 12.4. The molecule has 27 heavy (non-hydrogen) atoms. The van der Waals surface area contributed by atoms with Crippen LogP contribution in [0.1, 0.15) is 10.5 Å². The van der Waals surface area contributed by atoms with Gasteiger partial charge in [-0.1, -0.05) is 47.1 Å². The van der Waals surface area contributed by atoms with Crippen LogP contribution in [0.25, 0.3) is 11.3 Å². The molecule has 0 bridgehead atoms. The summed E-state index contributed by atoms with van der Waals surface area (Å²) in [5.41, 5.74) is 0.534. The Balaban J connectivity index is 1.59. The number of aromatic nitrogens is 1. The number of nitrogens with one attached hydrogen (secondary N) is 2. The van der Waals surface area contributed by atoms with Crippen molar-refractivity contribution in [2.75, 3.05) is 11.9 Å². The summed E-state index contributed by atoms with van der Waals surface area (Å²) in [5, 5.41) is 17.4. The van der Waals surface area contributed by atoms with E-state index in [4.69, 9.17) is 16.1 Å². The van der Waals surface area contributed by atoms with Gasteiger partial charge in [-0.2, -0.15) is 0 Å². The smallest absolute Gasteiger partial charge is 0.273 e. The number of halogens is 2. The minimum atomic E-state index is -0.861. The van der Waals surface area contributed by atoms with Crippen molar-refractivity contribution in [3.05, 3.63) is 65.1 Å². The first-order valence-corrected chi connectivity index (χ1v) is 8.10. The average molecular weight is 390 g/mol. The Bertz CT molecular complexity index is 992. The number of hydrogen-bond acceptors (Lipinski definition) is 5. The van der Waals surface area contributed by atoms with E-state index in [0.29, 0.717) is 5.76 Å². The van der Waals surface area contributed by atoms with Gasteiger partial charge in [-0.3, -0.25) is 9.59 Å². The first kappa shape index (κ1) is 18.4. The molecule has 3 rings (SSSR count). The van der Waals surface area contributed by atoms with Gasteiger partial charge in [0.25, 0.3) is 5.91 Å². The summed E-state index contributed by atoms with van der Waals surface area (Å²) in [6.07, 6.45) is 0. The average Bonchev–Trinajstić information content (AvgIpc) is 3.15. The fraction of sp³-hybridized carbons (Fsp3) is 0.0556. The van der Waals surface area contributed by atoms with Crippen LogP contribution in [0.3, 0.4) is 0 Å². The fourth-order valence-electron chi connectivity index (χ4n) is 2.20. The molecule has 138 valence electrons. The number of carbonyl (C=O) groups excluding carboxylic acids is 2. The number of carbonyl (C=O) groups is 2. The Morgan fingerprint density at radius 3 is 2.67 bits per heavy atom. The highest BCUT2D eigenvalue weighted by Gasteiger charge is 2.16. The molecule has 0 aliphatic heterocycles. The zero-order chi connectivity index (χ0) is 19.4. The van der Waals surface area contributed by atoms with Crippen molar-refractivity contribution in [2.24, 2.45) is 0 Å². The van der Waals surface area contributed by atoms with Crippen molar-refractivity contribution in [3.63, 3.8) is 0 Å². The quantitative estimate of drug-likeness (QED) is 0.581. The van der Waals surface area contributed by atoms with Gasteiger partial charge in [-0.05, 0) is 6.07 Å².